The molecule has 0 atom stereocenters. The van der Waals surface area contributed by atoms with E-state index in [0.717, 1.165) is 29.9 Å². The molecule has 1 aliphatic rings. The van der Waals surface area contributed by atoms with Crippen molar-refractivity contribution in [3.8, 4) is 0 Å². The molecule has 0 saturated heterocycles. The number of anilines is 1. The van der Waals surface area contributed by atoms with E-state index in [9.17, 15) is 0 Å². The van der Waals surface area contributed by atoms with Crippen LogP contribution in [0.2, 0.25) is 0 Å². The topological polar surface area (TPSA) is 24.8 Å². The molecule has 1 aliphatic heterocycles. The molecule has 0 N–H and O–H groups in total. The second kappa shape index (κ2) is 7.44. The van der Waals surface area contributed by atoms with Crippen LogP contribution in [0.25, 0.3) is 0 Å². The second-order valence-electron chi connectivity index (χ2n) is 6.61. The van der Waals surface area contributed by atoms with E-state index in [1.54, 1.807) is 0 Å². The van der Waals surface area contributed by atoms with Crippen molar-refractivity contribution in [2.45, 2.75) is 26.6 Å². The molecule has 0 saturated carbocycles. The van der Waals surface area contributed by atoms with Crippen LogP contribution < -0.4 is 4.90 Å². The van der Waals surface area contributed by atoms with Crippen LogP contribution >= 0.6 is 0 Å². The highest BCUT2D eigenvalue weighted by Crippen LogP contribution is 2.28. The Balaban J connectivity index is 1.45. The maximum absolute atomic E-state index is 5.53. The lowest BCUT2D eigenvalue weighted by Gasteiger charge is -2.18. The summed E-state index contributed by atoms with van der Waals surface area (Å²) in [6, 6.07) is 27.3. The lowest BCUT2D eigenvalue weighted by Crippen LogP contribution is -2.14. The Kier molecular flexibility index (Phi) is 4.69. The van der Waals surface area contributed by atoms with Crippen molar-refractivity contribution in [3.05, 3.63) is 101 Å². The summed E-state index contributed by atoms with van der Waals surface area (Å²) in [4.78, 5) is 7.92. The van der Waals surface area contributed by atoms with Gasteiger partial charge in [-0.15, -0.1) is 0 Å². The van der Waals surface area contributed by atoms with E-state index >= 15 is 0 Å². The fraction of sp³-hybridized carbons (Fsp3) is 0.174. The molecule has 0 aromatic heterocycles. The normalized spacial score (nSPS) is 13.6. The van der Waals surface area contributed by atoms with Crippen LogP contribution in [-0.2, 0) is 24.5 Å². The highest BCUT2D eigenvalue weighted by molar-refractivity contribution is 5.99. The monoisotopic (exact) mass is 342 g/mol. The lowest BCUT2D eigenvalue weighted by atomic mass is 10.1. The lowest BCUT2D eigenvalue weighted by molar-refractivity contribution is 0.130. The van der Waals surface area contributed by atoms with Crippen LogP contribution in [0.15, 0.2) is 84.0 Å². The smallest absolute Gasteiger partial charge is 0.142 e. The SMILES string of the molecule is C/C(=N/OCc1ccccc1)c1cccc(N2Cc3ccccc3C2)c1. The first-order valence-corrected chi connectivity index (χ1v) is 8.92. The summed E-state index contributed by atoms with van der Waals surface area (Å²) in [5, 5.41) is 4.30. The van der Waals surface area contributed by atoms with Gasteiger partial charge in [0.25, 0.3) is 0 Å². The van der Waals surface area contributed by atoms with Gasteiger partial charge in [0.2, 0.25) is 0 Å². The van der Waals surface area contributed by atoms with Gasteiger partial charge in [-0.3, -0.25) is 0 Å². The largest absolute Gasteiger partial charge is 0.391 e. The van der Waals surface area contributed by atoms with Gasteiger partial charge in [-0.05, 0) is 35.7 Å². The molecule has 3 aromatic rings. The first-order chi connectivity index (χ1) is 12.8. The van der Waals surface area contributed by atoms with Gasteiger partial charge < -0.3 is 9.74 Å². The average Bonchev–Trinajstić information content (AvgIpc) is 3.13. The van der Waals surface area contributed by atoms with Crippen molar-refractivity contribution in [1.82, 2.24) is 0 Å². The highest BCUT2D eigenvalue weighted by atomic mass is 16.6. The third-order valence-corrected chi connectivity index (χ3v) is 4.75. The molecule has 1 heterocycles. The first kappa shape index (κ1) is 16.4. The Labute approximate surface area is 154 Å². The third-order valence-electron chi connectivity index (χ3n) is 4.75. The number of hydrogen-bond donors (Lipinski definition) is 0. The Hall–Kier alpha value is -3.07. The molecule has 26 heavy (non-hydrogen) atoms. The summed E-state index contributed by atoms with van der Waals surface area (Å²) in [7, 11) is 0. The number of hydrogen-bond acceptors (Lipinski definition) is 3. The Bertz CT molecular complexity index is 893. The zero-order valence-corrected chi connectivity index (χ0v) is 14.9. The van der Waals surface area contributed by atoms with Crippen LogP contribution in [0.3, 0.4) is 0 Å². The number of fused-ring (bicyclic) bond motifs is 1. The maximum atomic E-state index is 5.53. The molecule has 130 valence electrons. The summed E-state index contributed by atoms with van der Waals surface area (Å²) in [6.45, 7) is 4.39. The van der Waals surface area contributed by atoms with E-state index in [2.05, 4.69) is 58.6 Å². The van der Waals surface area contributed by atoms with Crippen LogP contribution in [0.4, 0.5) is 5.69 Å². The summed E-state index contributed by atoms with van der Waals surface area (Å²) >= 11 is 0. The van der Waals surface area contributed by atoms with E-state index in [1.165, 1.54) is 16.8 Å². The molecule has 4 rings (SSSR count). The minimum Gasteiger partial charge on any atom is -0.391 e. The molecular weight excluding hydrogens is 320 g/mol. The number of oxime groups is 1. The summed E-state index contributed by atoms with van der Waals surface area (Å²) < 4.78 is 0. The molecule has 3 aromatic carbocycles. The van der Waals surface area contributed by atoms with Crippen molar-refractivity contribution in [2.75, 3.05) is 4.90 Å². The predicted octanol–water partition coefficient (Wildman–Crippen LogP) is 5.15. The second-order valence-corrected chi connectivity index (χ2v) is 6.61. The van der Waals surface area contributed by atoms with E-state index in [0.29, 0.717) is 6.61 Å². The van der Waals surface area contributed by atoms with Crippen molar-refractivity contribution >= 4 is 11.4 Å². The van der Waals surface area contributed by atoms with E-state index in [4.69, 9.17) is 4.84 Å². The minimum atomic E-state index is 0.485. The number of rotatable bonds is 5. The van der Waals surface area contributed by atoms with Crippen LogP contribution in [-0.4, -0.2) is 5.71 Å². The molecule has 0 radical (unpaired) electrons. The highest BCUT2D eigenvalue weighted by Gasteiger charge is 2.18. The quantitative estimate of drug-likeness (QED) is 0.473. The van der Waals surface area contributed by atoms with E-state index in [-0.39, 0.29) is 0 Å². The van der Waals surface area contributed by atoms with Crippen LogP contribution in [0, 0.1) is 0 Å². The Morgan fingerprint density at radius 3 is 2.31 bits per heavy atom. The molecular formula is C23H22N2O. The molecule has 0 fully saturated rings. The Morgan fingerprint density at radius 2 is 1.58 bits per heavy atom. The summed E-state index contributed by atoms with van der Waals surface area (Å²) in [5.41, 5.74) is 7.14. The van der Waals surface area contributed by atoms with Crippen molar-refractivity contribution in [3.63, 3.8) is 0 Å². The molecule has 0 aliphatic carbocycles. The number of nitrogens with zero attached hydrogens (tertiary/aromatic N) is 2. The van der Waals surface area contributed by atoms with Gasteiger partial charge in [0, 0.05) is 24.3 Å². The van der Waals surface area contributed by atoms with Crippen LogP contribution in [0.5, 0.6) is 0 Å². The first-order valence-electron chi connectivity index (χ1n) is 8.92. The van der Waals surface area contributed by atoms with Gasteiger partial charge >= 0.3 is 0 Å². The molecule has 0 amide bonds. The zero-order chi connectivity index (χ0) is 17.8. The van der Waals surface area contributed by atoms with Gasteiger partial charge in [0.1, 0.15) is 6.61 Å². The van der Waals surface area contributed by atoms with Crippen LogP contribution in [0.1, 0.15) is 29.2 Å². The fourth-order valence-electron chi connectivity index (χ4n) is 3.27. The average molecular weight is 342 g/mol. The summed E-state index contributed by atoms with van der Waals surface area (Å²) in [6.07, 6.45) is 0. The summed E-state index contributed by atoms with van der Waals surface area (Å²) in [5.74, 6) is 0. The molecule has 0 bridgehead atoms. The standard InChI is InChI=1S/C23H22N2O/c1-18(24-26-17-19-8-3-2-4-9-19)20-12-7-13-23(14-20)25-15-21-10-5-6-11-22(21)16-25/h2-14H,15-17H2,1H3/b24-18-. The number of benzene rings is 3. The predicted molar refractivity (Wildman–Crippen MR) is 106 cm³/mol. The van der Waals surface area contributed by atoms with Crippen molar-refractivity contribution in [1.29, 1.82) is 0 Å². The molecule has 3 nitrogen and oxygen atoms in total. The van der Waals surface area contributed by atoms with Gasteiger partial charge in [0.15, 0.2) is 0 Å². The fourth-order valence-corrected chi connectivity index (χ4v) is 3.27. The zero-order valence-electron chi connectivity index (χ0n) is 14.9. The van der Waals surface area contributed by atoms with Gasteiger partial charge in [-0.25, -0.2) is 0 Å². The molecule has 0 spiro atoms. The minimum absolute atomic E-state index is 0.485. The third kappa shape index (κ3) is 3.62. The van der Waals surface area contributed by atoms with E-state index < -0.39 is 0 Å². The van der Waals surface area contributed by atoms with E-state index in [1.807, 2.05) is 37.3 Å². The molecule has 3 heteroatoms. The van der Waals surface area contributed by atoms with Crippen molar-refractivity contribution < 1.29 is 4.84 Å². The van der Waals surface area contributed by atoms with Gasteiger partial charge in [0.05, 0.1) is 5.71 Å². The Morgan fingerprint density at radius 1 is 0.885 bits per heavy atom. The molecule has 0 unspecified atom stereocenters. The van der Waals surface area contributed by atoms with Gasteiger partial charge in [-0.1, -0.05) is 71.9 Å². The van der Waals surface area contributed by atoms with Gasteiger partial charge in [-0.2, -0.15) is 0 Å². The van der Waals surface area contributed by atoms with Crippen molar-refractivity contribution in [2.24, 2.45) is 5.16 Å². The maximum Gasteiger partial charge on any atom is 0.142 e.